The summed E-state index contributed by atoms with van der Waals surface area (Å²) in [4.78, 5) is 19.7. The Balaban J connectivity index is 1.46. The maximum atomic E-state index is 12.7. The van der Waals surface area contributed by atoms with Gasteiger partial charge in [0.1, 0.15) is 11.4 Å². The third-order valence-corrected chi connectivity index (χ3v) is 6.21. The molecule has 1 unspecified atom stereocenters. The van der Waals surface area contributed by atoms with Crippen LogP contribution >= 0.6 is 11.3 Å². The number of amides is 1. The number of rotatable bonds is 5. The monoisotopic (exact) mass is 388 g/mol. The van der Waals surface area contributed by atoms with Crippen molar-refractivity contribution in [2.45, 2.75) is 51.5 Å². The molecule has 2 aromatic rings. The van der Waals surface area contributed by atoms with Crippen molar-refractivity contribution in [1.29, 1.82) is 0 Å². The summed E-state index contributed by atoms with van der Waals surface area (Å²) >= 11 is 1.74. The fourth-order valence-corrected chi connectivity index (χ4v) is 4.67. The molecule has 0 aromatic carbocycles. The molecule has 146 valence electrons. The van der Waals surface area contributed by atoms with E-state index in [4.69, 9.17) is 4.74 Å². The number of imidazole rings is 1. The van der Waals surface area contributed by atoms with E-state index in [0.29, 0.717) is 19.0 Å². The van der Waals surface area contributed by atoms with Gasteiger partial charge in [0, 0.05) is 38.6 Å². The fraction of sp³-hybridized carbons (Fsp3) is 0.600. The molecule has 1 atom stereocenters. The predicted molar refractivity (Wildman–Crippen MR) is 105 cm³/mol. The normalized spacial score (nSPS) is 22.1. The molecule has 1 fully saturated rings. The zero-order valence-corrected chi connectivity index (χ0v) is 16.9. The molecule has 0 bridgehead atoms. The van der Waals surface area contributed by atoms with Crippen LogP contribution in [0.25, 0.3) is 0 Å². The van der Waals surface area contributed by atoms with Crippen molar-refractivity contribution in [3.63, 3.8) is 0 Å². The van der Waals surface area contributed by atoms with Crippen LogP contribution in [0.5, 0.6) is 0 Å². The highest BCUT2D eigenvalue weighted by atomic mass is 32.1. The van der Waals surface area contributed by atoms with E-state index in [1.165, 1.54) is 5.56 Å². The van der Waals surface area contributed by atoms with Crippen molar-refractivity contribution in [2.24, 2.45) is 5.92 Å². The van der Waals surface area contributed by atoms with E-state index in [1.807, 2.05) is 12.4 Å². The number of piperidine rings is 1. The maximum Gasteiger partial charge on any atom is 0.251 e. The van der Waals surface area contributed by atoms with E-state index in [0.717, 1.165) is 38.3 Å². The molecular formula is C20H28N4O2S. The van der Waals surface area contributed by atoms with E-state index in [2.05, 4.69) is 50.4 Å². The predicted octanol–water partition coefficient (Wildman–Crippen LogP) is 2.61. The van der Waals surface area contributed by atoms with Crippen molar-refractivity contribution in [3.8, 4) is 0 Å². The Morgan fingerprint density at radius 2 is 2.26 bits per heavy atom. The minimum Gasteiger partial charge on any atom is -0.354 e. The summed E-state index contributed by atoms with van der Waals surface area (Å²) in [6.07, 6.45) is 5.07. The van der Waals surface area contributed by atoms with Gasteiger partial charge in [0.15, 0.2) is 6.10 Å². The first-order valence-corrected chi connectivity index (χ1v) is 10.7. The van der Waals surface area contributed by atoms with Crippen molar-refractivity contribution in [1.82, 2.24) is 19.8 Å². The zero-order chi connectivity index (χ0) is 18.9. The minimum atomic E-state index is -0.452. The molecule has 2 aromatic heterocycles. The van der Waals surface area contributed by atoms with Crippen LogP contribution in [0.3, 0.4) is 0 Å². The lowest BCUT2D eigenvalue weighted by Crippen LogP contribution is -2.54. The first-order chi connectivity index (χ1) is 13.1. The number of likely N-dealkylation sites (tertiary alicyclic amines) is 1. The molecule has 4 heterocycles. The van der Waals surface area contributed by atoms with Crippen LogP contribution in [-0.4, -0.2) is 46.1 Å². The number of nitrogens with one attached hydrogen (secondary N) is 1. The Morgan fingerprint density at radius 1 is 1.44 bits per heavy atom. The summed E-state index contributed by atoms with van der Waals surface area (Å²) in [7, 11) is 0. The molecule has 1 amide bonds. The van der Waals surface area contributed by atoms with Gasteiger partial charge in [-0.25, -0.2) is 4.98 Å². The molecule has 6 nitrogen and oxygen atoms in total. The molecule has 0 radical (unpaired) electrons. The van der Waals surface area contributed by atoms with E-state index >= 15 is 0 Å². The number of fused-ring (bicyclic) bond motifs is 2. The summed E-state index contributed by atoms with van der Waals surface area (Å²) in [6, 6.07) is 2.19. The quantitative estimate of drug-likeness (QED) is 0.855. The fourth-order valence-electron chi connectivity index (χ4n) is 4.01. The summed E-state index contributed by atoms with van der Waals surface area (Å²) in [5, 5.41) is 7.37. The topological polar surface area (TPSA) is 59.4 Å². The van der Waals surface area contributed by atoms with Gasteiger partial charge in [0.05, 0.1) is 6.54 Å². The largest absolute Gasteiger partial charge is 0.354 e. The lowest BCUT2D eigenvalue weighted by Gasteiger charge is -2.45. The maximum absolute atomic E-state index is 12.7. The molecule has 1 spiro atoms. The summed E-state index contributed by atoms with van der Waals surface area (Å²) in [5.41, 5.74) is 0.917. The molecule has 2 aliphatic heterocycles. The van der Waals surface area contributed by atoms with Gasteiger partial charge in [0.2, 0.25) is 0 Å². The Kier molecular flexibility index (Phi) is 5.34. The van der Waals surface area contributed by atoms with Gasteiger partial charge >= 0.3 is 0 Å². The molecule has 2 aliphatic rings. The molecule has 1 saturated heterocycles. The van der Waals surface area contributed by atoms with Crippen LogP contribution < -0.4 is 5.32 Å². The Bertz CT molecular complexity index is 763. The minimum absolute atomic E-state index is 0.0110. The third kappa shape index (κ3) is 3.95. The number of carbonyl (C=O) groups excluding carboxylic acids is 1. The number of thiophene rings is 1. The number of hydrogen-bond donors (Lipinski definition) is 1. The Morgan fingerprint density at radius 3 is 2.96 bits per heavy atom. The zero-order valence-electron chi connectivity index (χ0n) is 16.1. The van der Waals surface area contributed by atoms with Gasteiger partial charge in [0.25, 0.3) is 5.91 Å². The van der Waals surface area contributed by atoms with Crippen molar-refractivity contribution < 1.29 is 9.53 Å². The van der Waals surface area contributed by atoms with Crippen molar-refractivity contribution in [2.75, 3.05) is 19.6 Å². The number of hydrogen-bond acceptors (Lipinski definition) is 5. The molecule has 0 saturated carbocycles. The van der Waals surface area contributed by atoms with Gasteiger partial charge in [-0.3, -0.25) is 9.69 Å². The first-order valence-electron chi connectivity index (χ1n) is 9.76. The molecule has 7 heteroatoms. The van der Waals surface area contributed by atoms with Crippen LogP contribution in [0, 0.1) is 5.92 Å². The average Bonchev–Trinajstić information content (AvgIpc) is 3.33. The van der Waals surface area contributed by atoms with Crippen LogP contribution in [0.15, 0.2) is 29.2 Å². The highest BCUT2D eigenvalue weighted by Gasteiger charge is 2.47. The van der Waals surface area contributed by atoms with Crippen LogP contribution in [0.1, 0.15) is 38.1 Å². The lowest BCUT2D eigenvalue weighted by atomic mass is 9.88. The van der Waals surface area contributed by atoms with E-state index in [1.54, 1.807) is 11.3 Å². The van der Waals surface area contributed by atoms with Crippen molar-refractivity contribution in [3.05, 3.63) is 40.6 Å². The van der Waals surface area contributed by atoms with Crippen LogP contribution in [-0.2, 0) is 28.2 Å². The van der Waals surface area contributed by atoms with Gasteiger partial charge < -0.3 is 14.6 Å². The molecule has 1 N–H and O–H groups in total. The number of aromatic nitrogens is 2. The van der Waals surface area contributed by atoms with Gasteiger partial charge in [-0.2, -0.15) is 11.3 Å². The number of nitrogens with zero attached hydrogens (tertiary/aromatic N) is 3. The van der Waals surface area contributed by atoms with E-state index < -0.39 is 11.7 Å². The molecule has 4 rings (SSSR count). The second-order valence-electron chi connectivity index (χ2n) is 8.05. The van der Waals surface area contributed by atoms with Crippen molar-refractivity contribution >= 4 is 17.2 Å². The van der Waals surface area contributed by atoms with Gasteiger partial charge in [-0.15, -0.1) is 0 Å². The molecule has 27 heavy (non-hydrogen) atoms. The lowest BCUT2D eigenvalue weighted by molar-refractivity contribution is -0.173. The third-order valence-electron chi connectivity index (χ3n) is 5.48. The standard InChI is InChI=1S/C20H28N4O2S/c1-15(2)11-22-18(25)17-13-24-9-6-21-19(24)20(26-17)4-7-23(8-5-20)12-16-3-10-27-14-16/h3,6,9-10,14-15,17H,4-5,7-8,11-13H2,1-2H3,(H,22,25). The van der Waals surface area contributed by atoms with Gasteiger partial charge in [-0.1, -0.05) is 13.8 Å². The van der Waals surface area contributed by atoms with E-state index in [-0.39, 0.29) is 5.91 Å². The number of carbonyl (C=O) groups is 1. The molecular weight excluding hydrogens is 360 g/mol. The number of ether oxygens (including phenoxy) is 1. The summed E-state index contributed by atoms with van der Waals surface area (Å²) in [6.45, 7) is 8.29. The van der Waals surface area contributed by atoms with Crippen LogP contribution in [0.2, 0.25) is 0 Å². The Hall–Kier alpha value is -1.70. The summed E-state index contributed by atoms with van der Waals surface area (Å²) in [5.74, 6) is 1.39. The van der Waals surface area contributed by atoms with Gasteiger partial charge in [-0.05, 0) is 41.1 Å². The highest BCUT2D eigenvalue weighted by molar-refractivity contribution is 7.07. The smallest absolute Gasteiger partial charge is 0.251 e. The van der Waals surface area contributed by atoms with E-state index in [9.17, 15) is 4.79 Å². The highest BCUT2D eigenvalue weighted by Crippen LogP contribution is 2.40. The molecule has 0 aliphatic carbocycles. The SMILES string of the molecule is CC(C)CNC(=O)C1Cn2ccnc2C2(CCN(Cc3ccsc3)CC2)O1. The van der Waals surface area contributed by atoms with Crippen LogP contribution in [0.4, 0.5) is 0 Å². The Labute approximate surface area is 164 Å². The average molecular weight is 389 g/mol. The first kappa shape index (κ1) is 18.7. The summed E-state index contributed by atoms with van der Waals surface area (Å²) < 4.78 is 8.57. The second-order valence-corrected chi connectivity index (χ2v) is 8.83. The second kappa shape index (κ2) is 7.73.